The Labute approximate surface area is 188 Å². The Morgan fingerprint density at radius 2 is 1.75 bits per heavy atom. The van der Waals surface area contributed by atoms with Crippen LogP contribution in [0, 0.1) is 0 Å². The molecular formula is C24H32N2O6. The second-order valence-corrected chi connectivity index (χ2v) is 10.2. The predicted molar refractivity (Wildman–Crippen MR) is 116 cm³/mol. The van der Waals surface area contributed by atoms with Crippen molar-refractivity contribution < 1.29 is 28.5 Å². The highest BCUT2D eigenvalue weighted by molar-refractivity contribution is 6.02. The first-order valence-electron chi connectivity index (χ1n) is 11.6. The zero-order valence-electron chi connectivity index (χ0n) is 18.9. The first kappa shape index (κ1) is 21.8. The number of nitrogens with zero attached hydrogens (tertiary/aromatic N) is 1. The number of hydrogen-bond acceptors (Lipinski definition) is 6. The van der Waals surface area contributed by atoms with Gasteiger partial charge in [0.1, 0.15) is 31.0 Å². The lowest BCUT2D eigenvalue weighted by Gasteiger charge is -2.37. The van der Waals surface area contributed by atoms with E-state index in [0.717, 1.165) is 25.7 Å². The van der Waals surface area contributed by atoms with Crippen LogP contribution in [0.1, 0.15) is 52.9 Å². The maximum absolute atomic E-state index is 13.5. The molecule has 32 heavy (non-hydrogen) atoms. The maximum Gasteiger partial charge on any atom is 0.253 e. The summed E-state index contributed by atoms with van der Waals surface area (Å²) in [6, 6.07) is 8.28. The van der Waals surface area contributed by atoms with Gasteiger partial charge in [-0.2, -0.15) is 0 Å². The van der Waals surface area contributed by atoms with Crippen molar-refractivity contribution in [1.29, 1.82) is 0 Å². The summed E-state index contributed by atoms with van der Waals surface area (Å²) in [4.78, 5) is 28.2. The average Bonchev–Trinajstić information content (AvgIpc) is 3.18. The number of carbonyl (C=O) groups excluding carboxylic acids is 2. The lowest BCUT2D eigenvalue weighted by Crippen LogP contribution is -2.60. The number of para-hydroxylation sites is 1. The van der Waals surface area contributed by atoms with Gasteiger partial charge >= 0.3 is 0 Å². The second kappa shape index (κ2) is 8.09. The maximum atomic E-state index is 13.5. The molecule has 4 fully saturated rings. The number of hydrogen-bond donors (Lipinski definition) is 1. The van der Waals surface area contributed by atoms with Crippen molar-refractivity contribution in [2.24, 2.45) is 0 Å². The molecule has 0 radical (unpaired) electrons. The van der Waals surface area contributed by atoms with Gasteiger partial charge in [0, 0.05) is 24.1 Å². The number of anilines is 1. The number of benzene rings is 1. The summed E-state index contributed by atoms with van der Waals surface area (Å²) in [6.07, 6.45) is 2.55. The minimum atomic E-state index is -0.906. The van der Waals surface area contributed by atoms with Gasteiger partial charge in [0.2, 0.25) is 5.91 Å². The molecule has 3 saturated heterocycles. The lowest BCUT2D eigenvalue weighted by atomic mass is 9.94. The third kappa shape index (κ3) is 3.94. The van der Waals surface area contributed by atoms with E-state index < -0.39 is 42.0 Å². The normalized spacial score (nSPS) is 34.2. The van der Waals surface area contributed by atoms with E-state index in [9.17, 15) is 9.59 Å². The molecule has 0 bridgehead atoms. The van der Waals surface area contributed by atoms with E-state index in [4.69, 9.17) is 18.9 Å². The fourth-order valence-electron chi connectivity index (χ4n) is 5.27. The van der Waals surface area contributed by atoms with Crippen LogP contribution in [0.2, 0.25) is 0 Å². The quantitative estimate of drug-likeness (QED) is 0.754. The summed E-state index contributed by atoms with van der Waals surface area (Å²) in [5.41, 5.74) is 0.153. The van der Waals surface area contributed by atoms with Crippen molar-refractivity contribution in [3.63, 3.8) is 0 Å². The Morgan fingerprint density at radius 3 is 2.44 bits per heavy atom. The minimum absolute atomic E-state index is 0.154. The number of fused-ring (bicyclic) bond motifs is 3. The standard InChI is InChI=1S/C24H32N2O6/c1-23(2,3)25-21(28)17-18-19(29-14-16(27)26(17)15-10-6-4-7-11-15)20-22(30-18)32-24(31-20)12-8-5-9-13-24/h4,6-7,10-11,17-20,22H,5,8-9,12-14H2,1-3H3,(H,25,28)/t17-,18-,19+,20-,22-/m1/s1. The molecular weight excluding hydrogens is 412 g/mol. The first-order valence-corrected chi connectivity index (χ1v) is 11.6. The van der Waals surface area contributed by atoms with Crippen molar-refractivity contribution in [3.05, 3.63) is 30.3 Å². The van der Waals surface area contributed by atoms with Crippen molar-refractivity contribution in [2.75, 3.05) is 11.5 Å². The lowest BCUT2D eigenvalue weighted by molar-refractivity contribution is -0.248. The van der Waals surface area contributed by atoms with E-state index in [2.05, 4.69) is 5.32 Å². The van der Waals surface area contributed by atoms with Gasteiger partial charge < -0.3 is 24.3 Å². The van der Waals surface area contributed by atoms with E-state index in [0.29, 0.717) is 5.69 Å². The molecule has 1 aliphatic carbocycles. The molecule has 1 aromatic rings. The summed E-state index contributed by atoms with van der Waals surface area (Å²) < 4.78 is 25.1. The van der Waals surface area contributed by atoms with Gasteiger partial charge in [0.15, 0.2) is 12.1 Å². The van der Waals surface area contributed by atoms with Crippen LogP contribution < -0.4 is 10.2 Å². The van der Waals surface area contributed by atoms with Gasteiger partial charge in [-0.3, -0.25) is 14.5 Å². The number of carbonyl (C=O) groups is 2. The van der Waals surface area contributed by atoms with Crippen LogP contribution in [-0.4, -0.2) is 60.4 Å². The minimum Gasteiger partial charge on any atom is -0.363 e. The predicted octanol–water partition coefficient (Wildman–Crippen LogP) is 2.50. The fourth-order valence-corrected chi connectivity index (χ4v) is 5.27. The summed E-state index contributed by atoms with van der Waals surface area (Å²) in [6.45, 7) is 5.58. The first-order chi connectivity index (χ1) is 15.3. The smallest absolute Gasteiger partial charge is 0.253 e. The van der Waals surface area contributed by atoms with E-state index in [1.807, 2.05) is 51.1 Å². The molecule has 8 nitrogen and oxygen atoms in total. The molecule has 1 aromatic carbocycles. The Morgan fingerprint density at radius 1 is 1.03 bits per heavy atom. The van der Waals surface area contributed by atoms with E-state index in [1.54, 1.807) is 0 Å². The Hall–Kier alpha value is -2.00. The number of rotatable bonds is 2. The highest BCUT2D eigenvalue weighted by Crippen LogP contribution is 2.47. The van der Waals surface area contributed by atoms with Crippen LogP contribution in [0.25, 0.3) is 0 Å². The van der Waals surface area contributed by atoms with Gasteiger partial charge in [-0.25, -0.2) is 0 Å². The van der Waals surface area contributed by atoms with E-state index >= 15 is 0 Å². The Bertz CT molecular complexity index is 863. The van der Waals surface area contributed by atoms with Crippen molar-refractivity contribution in [2.45, 2.75) is 94.8 Å². The molecule has 5 rings (SSSR count). The fraction of sp³-hybridized carbons (Fsp3) is 0.667. The Balaban J connectivity index is 1.48. The monoisotopic (exact) mass is 444 g/mol. The third-order valence-electron chi connectivity index (χ3n) is 6.56. The molecule has 174 valence electrons. The van der Waals surface area contributed by atoms with Crippen LogP contribution in [0.4, 0.5) is 5.69 Å². The number of amides is 2. The van der Waals surface area contributed by atoms with Crippen LogP contribution >= 0.6 is 0 Å². The van der Waals surface area contributed by atoms with Gasteiger partial charge in [-0.05, 0) is 45.7 Å². The van der Waals surface area contributed by atoms with Crippen LogP contribution in [-0.2, 0) is 28.5 Å². The largest absolute Gasteiger partial charge is 0.363 e. The molecule has 1 N–H and O–H groups in total. The molecule has 5 atom stereocenters. The number of ether oxygens (including phenoxy) is 4. The molecule has 4 aliphatic rings. The molecule has 1 saturated carbocycles. The zero-order valence-corrected chi connectivity index (χ0v) is 18.9. The summed E-state index contributed by atoms with van der Waals surface area (Å²) in [7, 11) is 0. The van der Waals surface area contributed by atoms with E-state index in [-0.39, 0.29) is 18.4 Å². The zero-order chi connectivity index (χ0) is 22.5. The summed E-state index contributed by atoms with van der Waals surface area (Å²) in [5.74, 6) is -1.21. The van der Waals surface area contributed by atoms with Gasteiger partial charge in [-0.1, -0.05) is 24.6 Å². The summed E-state index contributed by atoms with van der Waals surface area (Å²) >= 11 is 0. The highest BCUT2D eigenvalue weighted by Gasteiger charge is 2.62. The molecule has 0 aromatic heterocycles. The third-order valence-corrected chi connectivity index (χ3v) is 6.56. The van der Waals surface area contributed by atoms with E-state index in [1.165, 1.54) is 11.3 Å². The summed E-state index contributed by atoms with van der Waals surface area (Å²) in [5, 5.41) is 3.02. The molecule has 3 aliphatic heterocycles. The molecule has 1 spiro atoms. The molecule has 3 heterocycles. The molecule has 8 heteroatoms. The molecule has 2 amide bonds. The van der Waals surface area contributed by atoms with Crippen LogP contribution in [0.15, 0.2) is 30.3 Å². The van der Waals surface area contributed by atoms with Gasteiger partial charge in [-0.15, -0.1) is 0 Å². The van der Waals surface area contributed by atoms with Crippen molar-refractivity contribution >= 4 is 17.5 Å². The average molecular weight is 445 g/mol. The number of nitrogens with one attached hydrogen (secondary N) is 1. The van der Waals surface area contributed by atoms with Crippen molar-refractivity contribution in [3.8, 4) is 0 Å². The molecule has 0 unspecified atom stereocenters. The SMILES string of the molecule is CC(C)(C)NC(=O)[C@H]1[C@H]2O[C@@H]3OC4(CCCCC4)O[C@@H]3[C@H]2OCC(=O)N1c1ccccc1. The Kier molecular flexibility index (Phi) is 5.52. The topological polar surface area (TPSA) is 86.3 Å². The van der Waals surface area contributed by atoms with Gasteiger partial charge in [0.05, 0.1) is 0 Å². The van der Waals surface area contributed by atoms with Gasteiger partial charge in [0.25, 0.3) is 5.91 Å². The van der Waals surface area contributed by atoms with Crippen LogP contribution in [0.5, 0.6) is 0 Å². The second-order valence-electron chi connectivity index (χ2n) is 10.2. The van der Waals surface area contributed by atoms with Crippen molar-refractivity contribution in [1.82, 2.24) is 5.32 Å². The van der Waals surface area contributed by atoms with Crippen LogP contribution in [0.3, 0.4) is 0 Å². The highest BCUT2D eigenvalue weighted by atomic mass is 16.8.